The Balaban J connectivity index is 1.57. The Labute approximate surface area is 220 Å². The highest BCUT2D eigenvalue weighted by molar-refractivity contribution is 9.10. The quantitative estimate of drug-likeness (QED) is 0.283. The van der Waals surface area contributed by atoms with Gasteiger partial charge in [0.05, 0.1) is 34.2 Å². The molecule has 0 bridgehead atoms. The Morgan fingerprint density at radius 3 is 2.53 bits per heavy atom. The summed E-state index contributed by atoms with van der Waals surface area (Å²) >= 11 is 4.32. The van der Waals surface area contributed by atoms with Crippen molar-refractivity contribution in [1.29, 1.82) is 5.26 Å². The molecule has 0 radical (unpaired) electrons. The van der Waals surface area contributed by atoms with Gasteiger partial charge in [0.2, 0.25) is 0 Å². The van der Waals surface area contributed by atoms with Crippen molar-refractivity contribution in [3.8, 4) is 17.6 Å². The van der Waals surface area contributed by atoms with Crippen molar-refractivity contribution in [2.75, 3.05) is 6.61 Å². The molecule has 2 amide bonds. The number of amides is 2. The van der Waals surface area contributed by atoms with Crippen LogP contribution in [0.4, 0.5) is 9.18 Å². The topological polar surface area (TPSA) is 79.6 Å². The van der Waals surface area contributed by atoms with Gasteiger partial charge in [0.25, 0.3) is 11.1 Å². The number of nitrogens with zero attached hydrogens (tertiary/aromatic N) is 2. The van der Waals surface area contributed by atoms with Crippen LogP contribution in [0.1, 0.15) is 29.2 Å². The van der Waals surface area contributed by atoms with Crippen molar-refractivity contribution in [2.45, 2.75) is 20.1 Å². The van der Waals surface area contributed by atoms with Crippen LogP contribution in [0.15, 0.2) is 70.0 Å². The molecule has 0 N–H and O–H groups in total. The van der Waals surface area contributed by atoms with Crippen LogP contribution < -0.4 is 9.47 Å². The van der Waals surface area contributed by atoms with Crippen LogP contribution in [0.5, 0.6) is 11.5 Å². The second-order valence-electron chi connectivity index (χ2n) is 7.68. The van der Waals surface area contributed by atoms with Crippen LogP contribution in [-0.4, -0.2) is 22.7 Å². The normalized spacial score (nSPS) is 14.3. The molecular formula is C27H20BrFN2O4S. The Kier molecular flexibility index (Phi) is 8.08. The standard InChI is InChI=1S/C27H20BrFN2O4S/c1-2-34-23-12-17(11-21(28)25(23)35-16-20-9-5-6-10-22(20)29)13-24-26(32)31(27(33)36-24)15-19-8-4-3-7-18(19)14-30/h3-13H,2,15-16H2,1H3/b24-13+. The van der Waals surface area contributed by atoms with E-state index in [2.05, 4.69) is 22.0 Å². The predicted molar refractivity (Wildman–Crippen MR) is 139 cm³/mol. The predicted octanol–water partition coefficient (Wildman–Crippen LogP) is 6.67. The Morgan fingerprint density at radius 2 is 1.81 bits per heavy atom. The molecule has 0 spiro atoms. The maximum absolute atomic E-state index is 14.0. The number of carbonyl (C=O) groups excluding carboxylic acids is 2. The molecule has 1 saturated heterocycles. The molecule has 182 valence electrons. The third-order valence-corrected chi connectivity index (χ3v) is 6.80. The minimum absolute atomic E-state index is 0.00769. The van der Waals surface area contributed by atoms with Crippen molar-refractivity contribution in [2.24, 2.45) is 0 Å². The van der Waals surface area contributed by atoms with Gasteiger partial charge in [-0.15, -0.1) is 0 Å². The lowest BCUT2D eigenvalue weighted by Crippen LogP contribution is -2.27. The van der Waals surface area contributed by atoms with E-state index in [1.54, 1.807) is 60.7 Å². The van der Waals surface area contributed by atoms with Crippen LogP contribution in [-0.2, 0) is 17.9 Å². The van der Waals surface area contributed by atoms with Crippen LogP contribution in [0.25, 0.3) is 6.08 Å². The molecule has 4 rings (SSSR count). The average Bonchev–Trinajstić information content (AvgIpc) is 3.12. The number of hydrogen-bond acceptors (Lipinski definition) is 6. The lowest BCUT2D eigenvalue weighted by Gasteiger charge is -2.15. The molecule has 1 aliphatic rings. The second kappa shape index (κ2) is 11.4. The van der Waals surface area contributed by atoms with Crippen molar-refractivity contribution in [1.82, 2.24) is 4.90 Å². The van der Waals surface area contributed by atoms with E-state index >= 15 is 0 Å². The van der Waals surface area contributed by atoms with Gasteiger partial charge in [-0.25, -0.2) is 4.39 Å². The highest BCUT2D eigenvalue weighted by Gasteiger charge is 2.35. The van der Waals surface area contributed by atoms with E-state index in [4.69, 9.17) is 9.47 Å². The van der Waals surface area contributed by atoms with Crippen molar-refractivity contribution >= 4 is 44.9 Å². The first-order valence-corrected chi connectivity index (χ1v) is 12.6. The number of nitriles is 1. The van der Waals surface area contributed by atoms with Gasteiger partial charge in [-0.3, -0.25) is 14.5 Å². The lowest BCUT2D eigenvalue weighted by molar-refractivity contribution is -0.123. The first kappa shape index (κ1) is 25.5. The molecule has 0 saturated carbocycles. The summed E-state index contributed by atoms with van der Waals surface area (Å²) in [5.74, 6) is 0.0122. The van der Waals surface area contributed by atoms with E-state index in [9.17, 15) is 19.2 Å². The molecule has 0 aliphatic carbocycles. The van der Waals surface area contributed by atoms with E-state index < -0.39 is 11.1 Å². The summed E-state index contributed by atoms with van der Waals surface area (Å²) in [6.45, 7) is 2.21. The van der Waals surface area contributed by atoms with Gasteiger partial charge in [-0.05, 0) is 76.1 Å². The van der Waals surface area contributed by atoms with Crippen molar-refractivity contribution in [3.63, 3.8) is 0 Å². The van der Waals surface area contributed by atoms with Gasteiger partial charge < -0.3 is 9.47 Å². The second-order valence-corrected chi connectivity index (χ2v) is 9.53. The summed E-state index contributed by atoms with van der Waals surface area (Å²) < 4.78 is 26.2. The molecule has 0 unspecified atom stereocenters. The monoisotopic (exact) mass is 566 g/mol. The molecular weight excluding hydrogens is 547 g/mol. The minimum atomic E-state index is -0.438. The van der Waals surface area contributed by atoms with E-state index in [1.165, 1.54) is 6.07 Å². The van der Waals surface area contributed by atoms with E-state index in [0.29, 0.717) is 44.8 Å². The maximum atomic E-state index is 14.0. The van der Waals surface area contributed by atoms with E-state index in [-0.39, 0.29) is 23.9 Å². The van der Waals surface area contributed by atoms with Crippen LogP contribution in [0, 0.1) is 17.1 Å². The fourth-order valence-corrected chi connectivity index (χ4v) is 4.98. The number of rotatable bonds is 8. The fraction of sp³-hybridized carbons (Fsp3) is 0.148. The van der Waals surface area contributed by atoms with Gasteiger partial charge in [-0.2, -0.15) is 5.26 Å². The zero-order chi connectivity index (χ0) is 25.7. The summed E-state index contributed by atoms with van der Waals surface area (Å²) in [5.41, 5.74) is 2.03. The summed E-state index contributed by atoms with van der Waals surface area (Å²) in [6.07, 6.45) is 1.61. The van der Waals surface area contributed by atoms with Gasteiger partial charge in [0.15, 0.2) is 11.5 Å². The summed E-state index contributed by atoms with van der Waals surface area (Å²) in [5, 5.41) is 8.90. The molecule has 3 aromatic carbocycles. The summed E-state index contributed by atoms with van der Waals surface area (Å²) in [4.78, 5) is 27.0. The molecule has 1 fully saturated rings. The average molecular weight is 567 g/mol. The smallest absolute Gasteiger partial charge is 0.293 e. The zero-order valence-corrected chi connectivity index (χ0v) is 21.6. The lowest BCUT2D eigenvalue weighted by atomic mass is 10.1. The van der Waals surface area contributed by atoms with E-state index in [1.807, 2.05) is 6.92 Å². The summed E-state index contributed by atoms with van der Waals surface area (Å²) in [7, 11) is 0. The highest BCUT2D eigenvalue weighted by Crippen LogP contribution is 2.40. The first-order chi connectivity index (χ1) is 17.4. The number of carbonyl (C=O) groups is 2. The Hall–Kier alpha value is -3.61. The molecule has 0 aromatic heterocycles. The van der Waals surface area contributed by atoms with Crippen molar-refractivity contribution < 1.29 is 23.5 Å². The molecule has 9 heteroatoms. The van der Waals surface area contributed by atoms with Gasteiger partial charge in [0, 0.05) is 5.56 Å². The molecule has 36 heavy (non-hydrogen) atoms. The number of hydrogen-bond donors (Lipinski definition) is 0. The maximum Gasteiger partial charge on any atom is 0.293 e. The van der Waals surface area contributed by atoms with E-state index in [0.717, 1.165) is 16.7 Å². The minimum Gasteiger partial charge on any atom is -0.490 e. The molecule has 3 aromatic rings. The number of halogens is 2. The fourth-order valence-electron chi connectivity index (χ4n) is 3.56. The molecule has 1 aliphatic heterocycles. The third kappa shape index (κ3) is 5.61. The molecule has 0 atom stereocenters. The Morgan fingerprint density at radius 1 is 1.08 bits per heavy atom. The van der Waals surface area contributed by atoms with Gasteiger partial charge in [-0.1, -0.05) is 36.4 Å². The van der Waals surface area contributed by atoms with Crippen LogP contribution in [0.3, 0.4) is 0 Å². The van der Waals surface area contributed by atoms with Crippen LogP contribution in [0.2, 0.25) is 0 Å². The Bertz CT molecular complexity index is 1400. The number of benzene rings is 3. The molecule has 6 nitrogen and oxygen atoms in total. The SMILES string of the molecule is CCOc1cc(/C=C2/SC(=O)N(Cc3ccccc3C#N)C2=O)cc(Br)c1OCc1ccccc1F. The third-order valence-electron chi connectivity index (χ3n) is 5.30. The molecule has 1 heterocycles. The number of ether oxygens (including phenoxy) is 2. The van der Waals surface area contributed by atoms with Crippen molar-refractivity contribution in [3.05, 3.63) is 98.1 Å². The van der Waals surface area contributed by atoms with Gasteiger partial charge in [0.1, 0.15) is 12.4 Å². The first-order valence-electron chi connectivity index (χ1n) is 11.0. The largest absolute Gasteiger partial charge is 0.490 e. The van der Waals surface area contributed by atoms with Gasteiger partial charge >= 0.3 is 0 Å². The number of imide groups is 1. The zero-order valence-electron chi connectivity index (χ0n) is 19.2. The number of thioether (sulfide) groups is 1. The van der Waals surface area contributed by atoms with Crippen LogP contribution >= 0.6 is 27.7 Å². The highest BCUT2D eigenvalue weighted by atomic mass is 79.9. The summed E-state index contributed by atoms with van der Waals surface area (Å²) in [6, 6.07) is 18.7.